The van der Waals surface area contributed by atoms with Crippen molar-refractivity contribution < 1.29 is 30.7 Å². The number of alkyl halides is 1. The molecule has 3 aromatic rings. The van der Waals surface area contributed by atoms with Crippen LogP contribution in [0.15, 0.2) is 36.7 Å². The van der Waals surface area contributed by atoms with Crippen LogP contribution in [0, 0.1) is 17.5 Å². The van der Waals surface area contributed by atoms with E-state index in [9.17, 15) is 21.6 Å². The fraction of sp³-hybridized carbons (Fsp3) is 0.400. The second-order valence-electron chi connectivity index (χ2n) is 9.48. The van der Waals surface area contributed by atoms with Crippen LogP contribution >= 0.6 is 0 Å². The van der Waals surface area contributed by atoms with E-state index in [1.807, 2.05) is 4.72 Å². The molecule has 5 rings (SSSR count). The number of aromatic nitrogens is 3. The summed E-state index contributed by atoms with van der Waals surface area (Å²) in [6, 6.07) is 4.95. The molecule has 0 radical (unpaired) electrons. The number of anilines is 2. The quantitative estimate of drug-likeness (QED) is 0.270. The highest BCUT2D eigenvalue weighted by molar-refractivity contribution is 7.90. The Labute approximate surface area is 228 Å². The lowest BCUT2D eigenvalue weighted by atomic mass is 10.1. The topological polar surface area (TPSA) is 121 Å². The van der Waals surface area contributed by atoms with Crippen LogP contribution in [0.1, 0.15) is 25.7 Å². The minimum absolute atomic E-state index is 0.193. The van der Waals surface area contributed by atoms with Crippen LogP contribution in [-0.2, 0) is 10.2 Å². The molecule has 2 atom stereocenters. The van der Waals surface area contributed by atoms with Gasteiger partial charge in [0.25, 0.3) is 0 Å². The van der Waals surface area contributed by atoms with Gasteiger partial charge in [0.1, 0.15) is 11.9 Å². The first-order valence-corrected chi connectivity index (χ1v) is 14.2. The highest BCUT2D eigenvalue weighted by atomic mass is 32.2. The van der Waals surface area contributed by atoms with Crippen molar-refractivity contribution in [2.24, 2.45) is 0 Å². The molecule has 0 spiro atoms. The van der Waals surface area contributed by atoms with E-state index in [0.29, 0.717) is 31.1 Å². The molecule has 2 saturated heterocycles. The second-order valence-corrected chi connectivity index (χ2v) is 11.2. The minimum atomic E-state index is -4.29. The Morgan fingerprint density at radius 1 is 1.02 bits per heavy atom. The summed E-state index contributed by atoms with van der Waals surface area (Å²) < 4.78 is 92.1. The van der Waals surface area contributed by atoms with Crippen molar-refractivity contribution in [2.45, 2.75) is 37.9 Å². The molecular formula is C25H27F4N7O3S. The molecule has 0 aliphatic carbocycles. The molecule has 4 heterocycles. The van der Waals surface area contributed by atoms with E-state index in [4.69, 9.17) is 4.74 Å². The van der Waals surface area contributed by atoms with E-state index < -0.39 is 45.3 Å². The Kier molecular flexibility index (Phi) is 8.32. The van der Waals surface area contributed by atoms with Crippen LogP contribution in [0.3, 0.4) is 0 Å². The molecule has 2 aliphatic heterocycles. The zero-order chi connectivity index (χ0) is 28.3. The van der Waals surface area contributed by atoms with Crippen LogP contribution in [0.4, 0.5) is 29.2 Å². The fourth-order valence-corrected chi connectivity index (χ4v) is 5.88. The van der Waals surface area contributed by atoms with Gasteiger partial charge in [-0.2, -0.15) is 17.1 Å². The van der Waals surface area contributed by atoms with Crippen LogP contribution in [-0.4, -0.2) is 66.1 Å². The highest BCUT2D eigenvalue weighted by Crippen LogP contribution is 2.36. The zero-order valence-electron chi connectivity index (χ0n) is 21.2. The van der Waals surface area contributed by atoms with Gasteiger partial charge in [0.2, 0.25) is 17.6 Å². The van der Waals surface area contributed by atoms with Crippen molar-refractivity contribution in [1.29, 1.82) is 0 Å². The second kappa shape index (κ2) is 11.9. The number of halogens is 4. The molecule has 40 heavy (non-hydrogen) atoms. The van der Waals surface area contributed by atoms with Gasteiger partial charge in [-0.25, -0.2) is 28.1 Å². The molecule has 2 aromatic heterocycles. The number of ether oxygens (including phenoxy) is 1. The van der Waals surface area contributed by atoms with Gasteiger partial charge in [-0.15, -0.1) is 0 Å². The van der Waals surface area contributed by atoms with E-state index in [1.165, 1.54) is 18.5 Å². The number of nitrogens with zero attached hydrogens (tertiary/aromatic N) is 4. The summed E-state index contributed by atoms with van der Waals surface area (Å²) in [7, 11) is -4.29. The van der Waals surface area contributed by atoms with Gasteiger partial charge in [0.15, 0.2) is 17.4 Å². The monoisotopic (exact) mass is 581 g/mol. The third-order valence-electron chi connectivity index (χ3n) is 6.55. The lowest BCUT2D eigenvalue weighted by molar-refractivity contribution is 0.254. The number of piperidine rings is 2. The molecule has 15 heteroatoms. The predicted octanol–water partition coefficient (Wildman–Crippen LogP) is 4.00. The zero-order valence-corrected chi connectivity index (χ0v) is 22.0. The summed E-state index contributed by atoms with van der Waals surface area (Å²) in [5.41, 5.74) is -0.586. The summed E-state index contributed by atoms with van der Waals surface area (Å²) in [4.78, 5) is 12.6. The van der Waals surface area contributed by atoms with E-state index in [1.54, 1.807) is 12.1 Å². The fourth-order valence-electron chi connectivity index (χ4n) is 4.57. The number of nitrogens with one attached hydrogen (secondary N) is 3. The lowest BCUT2D eigenvalue weighted by Gasteiger charge is -2.26. The van der Waals surface area contributed by atoms with E-state index >= 15 is 4.39 Å². The maximum atomic E-state index is 15.0. The molecule has 0 bridgehead atoms. The Morgan fingerprint density at radius 2 is 1.82 bits per heavy atom. The smallest absolute Gasteiger partial charge is 0.301 e. The summed E-state index contributed by atoms with van der Waals surface area (Å²) in [5.74, 6) is -5.58. The van der Waals surface area contributed by atoms with E-state index in [0.717, 1.165) is 10.7 Å². The summed E-state index contributed by atoms with van der Waals surface area (Å²) in [6.45, 7) is 1.19. The first-order valence-electron chi connectivity index (χ1n) is 12.7. The normalized spacial score (nSPS) is 20.2. The van der Waals surface area contributed by atoms with Crippen molar-refractivity contribution in [3.63, 3.8) is 0 Å². The Hall–Kier alpha value is -3.56. The minimum Gasteiger partial charge on any atom is -0.435 e. The molecule has 0 unspecified atom stereocenters. The van der Waals surface area contributed by atoms with Crippen molar-refractivity contribution in [3.8, 4) is 22.9 Å². The van der Waals surface area contributed by atoms with Gasteiger partial charge in [0.05, 0.1) is 11.3 Å². The molecule has 2 aliphatic rings. The van der Waals surface area contributed by atoms with Gasteiger partial charge in [-0.05, 0) is 31.0 Å². The van der Waals surface area contributed by atoms with Crippen LogP contribution in [0.25, 0.3) is 11.3 Å². The number of pyridine rings is 1. The van der Waals surface area contributed by atoms with Crippen molar-refractivity contribution >= 4 is 21.8 Å². The molecular weight excluding hydrogens is 554 g/mol. The Bertz CT molecular complexity index is 1470. The number of hydrogen-bond acceptors (Lipinski definition) is 8. The first-order chi connectivity index (χ1) is 19.2. The molecule has 0 saturated carbocycles. The summed E-state index contributed by atoms with van der Waals surface area (Å²) in [6.07, 6.45) is 4.12. The number of hydrogen-bond donors (Lipinski definition) is 3. The molecule has 214 valence electrons. The molecule has 2 fully saturated rings. The largest absolute Gasteiger partial charge is 0.435 e. The SMILES string of the molecule is O=S(=O)(Nc1c(F)cc(Oc2ncccc2-c2ccnc(N[C@@H]3CNC[C@@H](F)C3)n2)c(F)c1F)N1CCCCC1. The first kappa shape index (κ1) is 28.0. The lowest BCUT2D eigenvalue weighted by Crippen LogP contribution is -2.44. The third-order valence-corrected chi connectivity index (χ3v) is 8.06. The van der Waals surface area contributed by atoms with Gasteiger partial charge in [-0.1, -0.05) is 6.42 Å². The Morgan fingerprint density at radius 3 is 2.60 bits per heavy atom. The molecule has 1 aromatic carbocycles. The molecule has 3 N–H and O–H groups in total. The Balaban J connectivity index is 1.38. The van der Waals surface area contributed by atoms with Crippen LogP contribution in [0.5, 0.6) is 11.6 Å². The van der Waals surface area contributed by atoms with Crippen LogP contribution in [0.2, 0.25) is 0 Å². The van der Waals surface area contributed by atoms with Crippen molar-refractivity contribution in [1.82, 2.24) is 24.6 Å². The van der Waals surface area contributed by atoms with E-state index in [2.05, 4.69) is 25.6 Å². The summed E-state index contributed by atoms with van der Waals surface area (Å²) in [5, 5.41) is 6.03. The van der Waals surface area contributed by atoms with Gasteiger partial charge >= 0.3 is 10.2 Å². The van der Waals surface area contributed by atoms with Gasteiger partial charge in [0, 0.05) is 57.1 Å². The van der Waals surface area contributed by atoms with Crippen molar-refractivity contribution in [2.75, 3.05) is 36.2 Å². The predicted molar refractivity (Wildman–Crippen MR) is 139 cm³/mol. The molecule has 10 nitrogen and oxygen atoms in total. The maximum Gasteiger partial charge on any atom is 0.301 e. The third kappa shape index (κ3) is 6.26. The average Bonchev–Trinajstić information content (AvgIpc) is 2.95. The number of rotatable bonds is 8. The highest BCUT2D eigenvalue weighted by Gasteiger charge is 2.29. The van der Waals surface area contributed by atoms with Crippen LogP contribution < -0.4 is 20.1 Å². The van der Waals surface area contributed by atoms with E-state index in [-0.39, 0.29) is 49.5 Å². The standard InChI is InChI=1S/C25H27F4N7O3S/c26-15-11-16(14-30-13-15)33-25-32-8-6-19(34-25)17-5-4-7-31-24(17)39-20-12-18(27)23(22(29)21(20)28)35-40(37,38)36-9-2-1-3-10-36/h4-8,12,15-16,30,35H,1-3,9-11,13-14H2,(H,32,33,34)/t15-,16-/m0/s1. The van der Waals surface area contributed by atoms with Gasteiger partial charge < -0.3 is 15.4 Å². The van der Waals surface area contributed by atoms with Crippen molar-refractivity contribution in [3.05, 3.63) is 54.1 Å². The average molecular weight is 582 g/mol. The molecule has 0 amide bonds. The van der Waals surface area contributed by atoms with Gasteiger partial charge in [-0.3, -0.25) is 4.72 Å². The maximum absolute atomic E-state index is 15.0. The number of benzene rings is 1. The summed E-state index contributed by atoms with van der Waals surface area (Å²) >= 11 is 0.